The van der Waals surface area contributed by atoms with Gasteiger partial charge in [0.2, 0.25) is 5.90 Å². The number of rotatable bonds is 6. The lowest BCUT2D eigenvalue weighted by Gasteiger charge is -2.07. The number of carbonyl (C=O) groups is 1. The van der Waals surface area contributed by atoms with Crippen LogP contribution in [-0.4, -0.2) is 35.9 Å². The number of aliphatic imine (C=N–C) groups is 1. The fourth-order valence-electron chi connectivity index (χ4n) is 2.56. The molecule has 0 saturated heterocycles. The first-order chi connectivity index (χ1) is 13.8. The third kappa shape index (κ3) is 4.03. The van der Waals surface area contributed by atoms with Crippen molar-refractivity contribution in [3.8, 4) is 11.5 Å². The molecule has 11 heteroatoms. The van der Waals surface area contributed by atoms with E-state index in [9.17, 15) is 25.0 Å². The van der Waals surface area contributed by atoms with Gasteiger partial charge in [0.1, 0.15) is 0 Å². The molecule has 0 amide bonds. The van der Waals surface area contributed by atoms with Gasteiger partial charge in [0.15, 0.2) is 17.2 Å². The lowest BCUT2D eigenvalue weighted by Crippen LogP contribution is -2.06. The topological polar surface area (TPSA) is 143 Å². The number of non-ortho nitro benzene ring substituents is 2. The Morgan fingerprint density at radius 1 is 0.966 bits per heavy atom. The minimum Gasteiger partial charge on any atom is -0.493 e. The van der Waals surface area contributed by atoms with E-state index in [0.717, 1.165) is 18.2 Å². The quantitative estimate of drug-likeness (QED) is 0.312. The minimum absolute atomic E-state index is 0.0602. The first-order valence-electron chi connectivity index (χ1n) is 8.01. The zero-order valence-corrected chi connectivity index (χ0v) is 15.1. The van der Waals surface area contributed by atoms with E-state index in [2.05, 4.69) is 4.99 Å². The molecule has 29 heavy (non-hydrogen) atoms. The van der Waals surface area contributed by atoms with Gasteiger partial charge in [-0.1, -0.05) is 6.07 Å². The Balaban J connectivity index is 2.01. The smallest absolute Gasteiger partial charge is 0.363 e. The number of hydrogen-bond donors (Lipinski definition) is 0. The molecule has 3 rings (SSSR count). The maximum absolute atomic E-state index is 12.1. The molecular weight excluding hydrogens is 386 g/mol. The number of nitro benzene ring substituents is 2. The molecule has 0 atom stereocenters. The van der Waals surface area contributed by atoms with E-state index >= 15 is 0 Å². The molecule has 0 aliphatic carbocycles. The molecule has 1 heterocycles. The average Bonchev–Trinajstić information content (AvgIpc) is 3.07. The van der Waals surface area contributed by atoms with E-state index in [1.807, 2.05) is 0 Å². The van der Waals surface area contributed by atoms with E-state index in [0.29, 0.717) is 17.1 Å². The molecule has 148 valence electrons. The predicted molar refractivity (Wildman–Crippen MR) is 99.9 cm³/mol. The highest BCUT2D eigenvalue weighted by Crippen LogP contribution is 2.30. The van der Waals surface area contributed by atoms with Crippen molar-refractivity contribution in [2.45, 2.75) is 0 Å². The third-order valence-corrected chi connectivity index (χ3v) is 3.90. The van der Waals surface area contributed by atoms with E-state index in [4.69, 9.17) is 14.2 Å². The number of hydrogen-bond acceptors (Lipinski definition) is 9. The molecule has 0 N–H and O–H groups in total. The van der Waals surface area contributed by atoms with Gasteiger partial charge in [-0.05, 0) is 23.8 Å². The van der Waals surface area contributed by atoms with Gasteiger partial charge in [-0.25, -0.2) is 9.79 Å². The Morgan fingerprint density at radius 3 is 2.14 bits per heavy atom. The van der Waals surface area contributed by atoms with Crippen LogP contribution in [-0.2, 0) is 9.53 Å². The summed E-state index contributed by atoms with van der Waals surface area (Å²) < 4.78 is 15.4. The largest absolute Gasteiger partial charge is 0.493 e. The van der Waals surface area contributed by atoms with Crippen LogP contribution in [0.2, 0.25) is 0 Å². The maximum Gasteiger partial charge on any atom is 0.363 e. The van der Waals surface area contributed by atoms with Crippen LogP contribution in [0.1, 0.15) is 11.1 Å². The van der Waals surface area contributed by atoms with Crippen molar-refractivity contribution in [3.63, 3.8) is 0 Å². The number of nitrogens with zero attached hydrogens (tertiary/aromatic N) is 3. The van der Waals surface area contributed by atoms with E-state index in [-0.39, 0.29) is 17.2 Å². The second-order valence-corrected chi connectivity index (χ2v) is 5.70. The summed E-state index contributed by atoms with van der Waals surface area (Å²) in [6.07, 6.45) is 1.42. The average molecular weight is 399 g/mol. The first kappa shape index (κ1) is 19.5. The molecule has 2 aromatic carbocycles. The van der Waals surface area contributed by atoms with E-state index < -0.39 is 27.2 Å². The summed E-state index contributed by atoms with van der Waals surface area (Å²) in [6, 6.07) is 7.80. The molecular formula is C18H13N3O8. The molecule has 0 fully saturated rings. The Hall–Kier alpha value is -4.28. The number of benzene rings is 2. The molecule has 1 aliphatic heterocycles. The van der Waals surface area contributed by atoms with Crippen molar-refractivity contribution in [2.24, 2.45) is 4.99 Å². The lowest BCUT2D eigenvalue weighted by atomic mass is 10.1. The zero-order valence-electron chi connectivity index (χ0n) is 15.1. The summed E-state index contributed by atoms with van der Waals surface area (Å²) in [4.78, 5) is 36.7. The van der Waals surface area contributed by atoms with Crippen molar-refractivity contribution < 1.29 is 28.9 Å². The number of ether oxygens (including phenoxy) is 3. The van der Waals surface area contributed by atoms with Crippen LogP contribution in [0.25, 0.3) is 6.08 Å². The van der Waals surface area contributed by atoms with Gasteiger partial charge in [-0.3, -0.25) is 20.2 Å². The minimum atomic E-state index is -0.802. The molecule has 0 radical (unpaired) electrons. The van der Waals surface area contributed by atoms with Crippen LogP contribution in [0.15, 0.2) is 47.1 Å². The van der Waals surface area contributed by atoms with Gasteiger partial charge in [0.25, 0.3) is 11.4 Å². The van der Waals surface area contributed by atoms with Crippen molar-refractivity contribution in [1.82, 2.24) is 0 Å². The van der Waals surface area contributed by atoms with Crippen LogP contribution in [0.5, 0.6) is 11.5 Å². The summed E-state index contributed by atoms with van der Waals surface area (Å²) in [5.41, 5.74) is -0.628. The van der Waals surface area contributed by atoms with Gasteiger partial charge in [0.05, 0.1) is 35.7 Å². The normalized spacial score (nSPS) is 14.3. The van der Waals surface area contributed by atoms with Gasteiger partial charge < -0.3 is 14.2 Å². The van der Waals surface area contributed by atoms with Crippen molar-refractivity contribution in [1.29, 1.82) is 0 Å². The van der Waals surface area contributed by atoms with Crippen LogP contribution in [0, 0.1) is 20.2 Å². The zero-order chi connectivity index (χ0) is 21.1. The monoisotopic (exact) mass is 399 g/mol. The van der Waals surface area contributed by atoms with Crippen molar-refractivity contribution in [2.75, 3.05) is 14.2 Å². The van der Waals surface area contributed by atoms with Gasteiger partial charge >= 0.3 is 5.97 Å². The van der Waals surface area contributed by atoms with Crippen molar-refractivity contribution >= 4 is 29.3 Å². The Kier molecular flexibility index (Phi) is 5.21. The van der Waals surface area contributed by atoms with E-state index in [1.54, 1.807) is 18.2 Å². The Labute approximate surface area is 163 Å². The molecule has 0 unspecified atom stereocenters. The lowest BCUT2D eigenvalue weighted by molar-refractivity contribution is -0.394. The molecule has 0 saturated carbocycles. The fraction of sp³-hybridized carbons (Fsp3) is 0.111. The van der Waals surface area contributed by atoms with Crippen LogP contribution in [0.3, 0.4) is 0 Å². The predicted octanol–water partition coefficient (Wildman–Crippen LogP) is 2.86. The molecule has 0 aromatic heterocycles. The van der Waals surface area contributed by atoms with Crippen LogP contribution >= 0.6 is 0 Å². The summed E-state index contributed by atoms with van der Waals surface area (Å²) >= 11 is 0. The second-order valence-electron chi connectivity index (χ2n) is 5.70. The summed E-state index contributed by atoms with van der Waals surface area (Å²) in [5.74, 6) is -0.138. The number of carbonyl (C=O) groups excluding carboxylic acids is 1. The highest BCUT2D eigenvalue weighted by molar-refractivity contribution is 6.13. The Bertz CT molecular complexity index is 1060. The number of methoxy groups -OCH3 is 2. The number of cyclic esters (lactones) is 1. The maximum atomic E-state index is 12.1. The number of nitro groups is 2. The second kappa shape index (κ2) is 7.76. The molecule has 1 aliphatic rings. The summed E-state index contributed by atoms with van der Waals surface area (Å²) in [6.45, 7) is 0. The van der Waals surface area contributed by atoms with Gasteiger partial charge in [-0.2, -0.15) is 0 Å². The SMILES string of the molecule is COc1ccc(/C=C2/N=C(c3cc([N+](=O)[O-])cc([N+](=O)[O-])c3)OC2=O)cc1OC. The Morgan fingerprint density at radius 2 is 1.59 bits per heavy atom. The third-order valence-electron chi connectivity index (χ3n) is 3.90. The standard InChI is InChI=1S/C18H13N3O8/c1-27-15-4-3-10(6-16(15)28-2)5-14-18(22)29-17(19-14)11-7-12(20(23)24)9-13(8-11)21(25)26/h3-9H,1-2H3/b14-5+. The van der Waals surface area contributed by atoms with Gasteiger partial charge in [0, 0.05) is 12.1 Å². The van der Waals surface area contributed by atoms with Crippen LogP contribution in [0.4, 0.5) is 11.4 Å². The summed E-state index contributed by atoms with van der Waals surface area (Å²) in [7, 11) is 2.95. The van der Waals surface area contributed by atoms with Crippen molar-refractivity contribution in [3.05, 3.63) is 73.5 Å². The molecule has 11 nitrogen and oxygen atoms in total. The van der Waals surface area contributed by atoms with Crippen LogP contribution < -0.4 is 9.47 Å². The van der Waals surface area contributed by atoms with E-state index in [1.165, 1.54) is 20.3 Å². The highest BCUT2D eigenvalue weighted by atomic mass is 16.6. The number of esters is 1. The fourth-order valence-corrected chi connectivity index (χ4v) is 2.56. The summed E-state index contributed by atoms with van der Waals surface area (Å²) in [5, 5.41) is 22.1. The van der Waals surface area contributed by atoms with Gasteiger partial charge in [-0.15, -0.1) is 0 Å². The highest BCUT2D eigenvalue weighted by Gasteiger charge is 2.27. The first-order valence-corrected chi connectivity index (χ1v) is 8.01. The molecule has 0 bridgehead atoms. The molecule has 2 aromatic rings. The molecule has 0 spiro atoms.